The molecule has 2 rings (SSSR count). The van der Waals surface area contributed by atoms with Crippen LogP contribution < -0.4 is 10.6 Å². The molecule has 8 heteroatoms. The number of hydrogen-bond acceptors (Lipinski definition) is 4. The molecule has 0 aliphatic carbocycles. The van der Waals surface area contributed by atoms with E-state index in [0.29, 0.717) is 10.7 Å². The highest BCUT2D eigenvalue weighted by atomic mass is 35.5. The van der Waals surface area contributed by atoms with Crippen molar-refractivity contribution in [3.8, 4) is 0 Å². The zero-order valence-electron chi connectivity index (χ0n) is 15.2. The monoisotopic (exact) mass is 422 g/mol. The van der Waals surface area contributed by atoms with Gasteiger partial charge < -0.3 is 15.4 Å². The molecule has 0 aliphatic heterocycles. The molecule has 0 radical (unpaired) electrons. The van der Waals surface area contributed by atoms with Crippen LogP contribution in [-0.2, 0) is 25.5 Å². The summed E-state index contributed by atoms with van der Waals surface area (Å²) in [4.78, 5) is 35.8. The van der Waals surface area contributed by atoms with E-state index in [0.717, 1.165) is 5.56 Å². The highest BCUT2D eigenvalue weighted by molar-refractivity contribution is 6.36. The number of anilines is 1. The first kappa shape index (κ1) is 21.7. The minimum atomic E-state index is -1.01. The fourth-order valence-corrected chi connectivity index (χ4v) is 2.74. The molecule has 0 spiro atoms. The van der Waals surface area contributed by atoms with E-state index in [9.17, 15) is 14.4 Å². The average molecular weight is 423 g/mol. The van der Waals surface area contributed by atoms with Crippen molar-refractivity contribution in [1.82, 2.24) is 5.32 Å². The third-order valence-electron chi connectivity index (χ3n) is 3.73. The number of esters is 1. The molecule has 28 heavy (non-hydrogen) atoms. The standard InChI is InChI=1S/C20H20Cl2N2O4/c1-13(20(27)24-17-8-7-15(21)12-16(17)22)28-19(26)9-10-23-18(25)11-14-5-3-2-4-6-14/h2-8,12-13H,9-11H2,1H3,(H,23,25)(H,24,27). The molecular formula is C20H20Cl2N2O4. The van der Waals surface area contributed by atoms with Gasteiger partial charge in [-0.1, -0.05) is 53.5 Å². The summed E-state index contributed by atoms with van der Waals surface area (Å²) in [6.07, 6.45) is -0.824. The summed E-state index contributed by atoms with van der Waals surface area (Å²) < 4.78 is 5.08. The molecular weight excluding hydrogens is 403 g/mol. The van der Waals surface area contributed by atoms with Gasteiger partial charge in [-0.15, -0.1) is 0 Å². The van der Waals surface area contributed by atoms with Crippen molar-refractivity contribution >= 4 is 46.7 Å². The molecule has 6 nitrogen and oxygen atoms in total. The molecule has 148 valence electrons. The molecule has 2 amide bonds. The fourth-order valence-electron chi connectivity index (χ4n) is 2.28. The van der Waals surface area contributed by atoms with Crippen LogP contribution in [0.5, 0.6) is 0 Å². The Morgan fingerprint density at radius 3 is 2.46 bits per heavy atom. The normalized spacial score (nSPS) is 11.4. The molecule has 0 saturated carbocycles. The maximum Gasteiger partial charge on any atom is 0.308 e. The van der Waals surface area contributed by atoms with Crippen LogP contribution in [0.3, 0.4) is 0 Å². The summed E-state index contributed by atoms with van der Waals surface area (Å²) in [5.74, 6) is -1.31. The predicted octanol–water partition coefficient (Wildman–Crippen LogP) is 3.61. The van der Waals surface area contributed by atoms with Gasteiger partial charge in [0.05, 0.1) is 23.6 Å². The van der Waals surface area contributed by atoms with Crippen molar-refractivity contribution in [2.45, 2.75) is 25.9 Å². The van der Waals surface area contributed by atoms with Gasteiger partial charge in [-0.3, -0.25) is 14.4 Å². The third-order valence-corrected chi connectivity index (χ3v) is 4.27. The lowest BCUT2D eigenvalue weighted by Crippen LogP contribution is -2.32. The molecule has 0 fully saturated rings. The van der Waals surface area contributed by atoms with Crippen molar-refractivity contribution in [3.05, 3.63) is 64.1 Å². The van der Waals surface area contributed by atoms with E-state index in [1.165, 1.54) is 13.0 Å². The van der Waals surface area contributed by atoms with E-state index in [1.807, 2.05) is 30.3 Å². The van der Waals surface area contributed by atoms with Gasteiger partial charge in [0.1, 0.15) is 0 Å². The molecule has 0 aromatic heterocycles. The Morgan fingerprint density at radius 1 is 1.07 bits per heavy atom. The molecule has 0 heterocycles. The van der Waals surface area contributed by atoms with Crippen molar-refractivity contribution in [2.24, 2.45) is 0 Å². The van der Waals surface area contributed by atoms with Gasteiger partial charge in [-0.05, 0) is 30.7 Å². The minimum absolute atomic E-state index is 0.0418. The molecule has 0 saturated heterocycles. The number of ether oxygens (including phenoxy) is 1. The number of halogens is 2. The molecule has 0 aliphatic rings. The smallest absolute Gasteiger partial charge is 0.308 e. The first-order chi connectivity index (χ1) is 13.3. The van der Waals surface area contributed by atoms with E-state index in [4.69, 9.17) is 27.9 Å². The Balaban J connectivity index is 1.71. The first-order valence-electron chi connectivity index (χ1n) is 8.61. The van der Waals surface area contributed by atoms with Crippen molar-refractivity contribution in [3.63, 3.8) is 0 Å². The zero-order chi connectivity index (χ0) is 20.5. The third kappa shape index (κ3) is 7.21. The van der Waals surface area contributed by atoms with E-state index < -0.39 is 18.0 Å². The van der Waals surface area contributed by atoms with Gasteiger partial charge >= 0.3 is 5.97 Å². The molecule has 1 unspecified atom stereocenters. The average Bonchev–Trinajstić information content (AvgIpc) is 2.64. The first-order valence-corrected chi connectivity index (χ1v) is 9.37. The topological polar surface area (TPSA) is 84.5 Å². The number of benzene rings is 2. The number of amides is 2. The lowest BCUT2D eigenvalue weighted by molar-refractivity contribution is -0.153. The number of hydrogen-bond donors (Lipinski definition) is 2. The highest BCUT2D eigenvalue weighted by Gasteiger charge is 2.19. The van der Waals surface area contributed by atoms with Gasteiger partial charge in [-0.2, -0.15) is 0 Å². The van der Waals surface area contributed by atoms with Crippen LogP contribution in [0.1, 0.15) is 18.9 Å². The van der Waals surface area contributed by atoms with Crippen LogP contribution in [0.25, 0.3) is 0 Å². The number of carbonyl (C=O) groups excluding carboxylic acids is 3. The predicted molar refractivity (Wildman–Crippen MR) is 108 cm³/mol. The van der Waals surface area contributed by atoms with Crippen LogP contribution in [0, 0.1) is 0 Å². The zero-order valence-corrected chi connectivity index (χ0v) is 16.7. The summed E-state index contributed by atoms with van der Waals surface area (Å²) in [5.41, 5.74) is 1.25. The Hall–Kier alpha value is -2.57. The maximum atomic E-state index is 12.1. The maximum absolute atomic E-state index is 12.1. The Morgan fingerprint density at radius 2 is 1.79 bits per heavy atom. The van der Waals surface area contributed by atoms with Gasteiger partial charge in [0.15, 0.2) is 6.10 Å². The van der Waals surface area contributed by atoms with E-state index in [-0.39, 0.29) is 30.3 Å². The van der Waals surface area contributed by atoms with E-state index in [2.05, 4.69) is 10.6 Å². The summed E-state index contributed by atoms with van der Waals surface area (Å²) >= 11 is 11.8. The minimum Gasteiger partial charge on any atom is -0.452 e. The van der Waals surface area contributed by atoms with Crippen LogP contribution in [0.15, 0.2) is 48.5 Å². The van der Waals surface area contributed by atoms with Gasteiger partial charge in [0.25, 0.3) is 5.91 Å². The summed E-state index contributed by atoms with van der Waals surface area (Å²) in [7, 11) is 0. The quantitative estimate of drug-likeness (QED) is 0.636. The second-order valence-electron chi connectivity index (χ2n) is 6.01. The van der Waals surface area contributed by atoms with Crippen LogP contribution in [0.4, 0.5) is 5.69 Å². The lowest BCUT2D eigenvalue weighted by Gasteiger charge is -2.14. The van der Waals surface area contributed by atoms with E-state index >= 15 is 0 Å². The second kappa shape index (κ2) is 10.7. The largest absolute Gasteiger partial charge is 0.452 e. The SMILES string of the molecule is CC(OC(=O)CCNC(=O)Cc1ccccc1)C(=O)Nc1ccc(Cl)cc1Cl. The summed E-state index contributed by atoms with van der Waals surface area (Å²) in [5, 5.41) is 5.93. The van der Waals surface area contributed by atoms with Crippen molar-refractivity contribution in [1.29, 1.82) is 0 Å². The van der Waals surface area contributed by atoms with Crippen LogP contribution in [0.2, 0.25) is 10.0 Å². The van der Waals surface area contributed by atoms with Crippen molar-refractivity contribution < 1.29 is 19.1 Å². The van der Waals surface area contributed by atoms with Crippen LogP contribution in [-0.4, -0.2) is 30.4 Å². The Kier molecular flexibility index (Phi) is 8.29. The number of carbonyl (C=O) groups is 3. The van der Waals surface area contributed by atoms with Gasteiger partial charge in [0, 0.05) is 11.6 Å². The molecule has 2 aromatic carbocycles. The molecule has 1 atom stereocenters. The van der Waals surface area contributed by atoms with Gasteiger partial charge in [-0.25, -0.2) is 0 Å². The number of nitrogens with one attached hydrogen (secondary N) is 2. The molecule has 2 aromatic rings. The van der Waals surface area contributed by atoms with Gasteiger partial charge in [0.2, 0.25) is 5.91 Å². The Bertz CT molecular complexity index is 843. The fraction of sp³-hybridized carbons (Fsp3) is 0.250. The molecule has 0 bridgehead atoms. The second-order valence-corrected chi connectivity index (χ2v) is 6.85. The molecule has 2 N–H and O–H groups in total. The summed E-state index contributed by atoms with van der Waals surface area (Å²) in [6.45, 7) is 1.58. The lowest BCUT2D eigenvalue weighted by atomic mass is 10.1. The van der Waals surface area contributed by atoms with Crippen LogP contribution >= 0.6 is 23.2 Å². The summed E-state index contributed by atoms with van der Waals surface area (Å²) in [6, 6.07) is 13.9. The number of rotatable bonds is 8. The van der Waals surface area contributed by atoms with E-state index in [1.54, 1.807) is 12.1 Å². The van der Waals surface area contributed by atoms with Crippen molar-refractivity contribution in [2.75, 3.05) is 11.9 Å². The highest BCUT2D eigenvalue weighted by Crippen LogP contribution is 2.25. The Labute approximate surface area is 173 Å².